The second-order valence-electron chi connectivity index (χ2n) is 6.51. The molecule has 0 aliphatic heterocycles. The molecule has 2 rings (SSSR count). The molecule has 2 atom stereocenters. The van der Waals surface area contributed by atoms with Crippen LogP contribution in [0.5, 0.6) is 0 Å². The van der Waals surface area contributed by atoms with E-state index in [1.165, 1.54) is 12.6 Å². The van der Waals surface area contributed by atoms with Gasteiger partial charge >= 0.3 is 0 Å². The van der Waals surface area contributed by atoms with E-state index in [9.17, 15) is 13.2 Å². The average Bonchev–Trinajstić information content (AvgIpc) is 3.12. The van der Waals surface area contributed by atoms with Gasteiger partial charge in [0.2, 0.25) is 15.9 Å². The molecule has 1 amide bonds. The second kappa shape index (κ2) is 8.79. The molecule has 7 heteroatoms. The number of benzene rings is 1. The van der Waals surface area contributed by atoms with E-state index in [1.54, 1.807) is 11.3 Å². The topological polar surface area (TPSA) is 66.5 Å². The minimum atomic E-state index is -3.40. The number of nitrogens with one attached hydrogen (secondary N) is 1. The Morgan fingerprint density at radius 3 is 2.31 bits per heavy atom. The number of thiophene rings is 1. The molecule has 0 bridgehead atoms. The molecular formula is C19H26N2O3S2. The van der Waals surface area contributed by atoms with Gasteiger partial charge in [0.25, 0.3) is 0 Å². The predicted molar refractivity (Wildman–Crippen MR) is 107 cm³/mol. The average molecular weight is 395 g/mol. The monoisotopic (exact) mass is 394 g/mol. The van der Waals surface area contributed by atoms with Crippen LogP contribution in [-0.2, 0) is 14.8 Å². The van der Waals surface area contributed by atoms with Gasteiger partial charge < -0.3 is 5.32 Å². The first-order chi connectivity index (χ1) is 12.2. The molecule has 142 valence electrons. The van der Waals surface area contributed by atoms with E-state index in [0.717, 1.165) is 27.4 Å². The van der Waals surface area contributed by atoms with E-state index in [4.69, 9.17) is 0 Å². The molecule has 1 aromatic carbocycles. The summed E-state index contributed by atoms with van der Waals surface area (Å²) in [7, 11) is -2.00. The van der Waals surface area contributed by atoms with Gasteiger partial charge in [-0.3, -0.25) is 4.79 Å². The Morgan fingerprint density at radius 1 is 1.19 bits per heavy atom. The van der Waals surface area contributed by atoms with Crippen LogP contribution in [0.1, 0.15) is 48.2 Å². The van der Waals surface area contributed by atoms with Crippen LogP contribution < -0.4 is 5.32 Å². The van der Waals surface area contributed by atoms with Crippen LogP contribution >= 0.6 is 11.3 Å². The van der Waals surface area contributed by atoms with Crippen molar-refractivity contribution in [3.05, 3.63) is 57.8 Å². The van der Waals surface area contributed by atoms with Crippen LogP contribution in [0.2, 0.25) is 0 Å². The maximum absolute atomic E-state index is 12.4. The minimum absolute atomic E-state index is 0.203. The van der Waals surface area contributed by atoms with E-state index >= 15 is 0 Å². The zero-order valence-electron chi connectivity index (χ0n) is 15.6. The normalized spacial score (nSPS) is 14.2. The van der Waals surface area contributed by atoms with Gasteiger partial charge in [-0.15, -0.1) is 11.3 Å². The van der Waals surface area contributed by atoms with E-state index in [1.807, 2.05) is 29.6 Å². The summed E-state index contributed by atoms with van der Waals surface area (Å²) in [5.74, 6) is 0.157. The van der Waals surface area contributed by atoms with Crippen molar-refractivity contribution in [1.82, 2.24) is 9.62 Å². The maximum atomic E-state index is 12.4. The number of rotatable bonds is 8. The fourth-order valence-electron chi connectivity index (χ4n) is 2.55. The van der Waals surface area contributed by atoms with E-state index in [2.05, 4.69) is 31.3 Å². The zero-order valence-corrected chi connectivity index (χ0v) is 17.2. The van der Waals surface area contributed by atoms with Crippen molar-refractivity contribution in [2.75, 3.05) is 19.8 Å². The van der Waals surface area contributed by atoms with Crippen molar-refractivity contribution in [3.63, 3.8) is 0 Å². The third kappa shape index (κ3) is 5.40. The Labute approximate surface area is 160 Å². The first-order valence-corrected chi connectivity index (χ1v) is 11.3. The third-order valence-electron chi connectivity index (χ3n) is 4.52. The fraction of sp³-hybridized carbons (Fsp3) is 0.421. The van der Waals surface area contributed by atoms with Crippen LogP contribution in [0.15, 0.2) is 41.8 Å². The molecule has 2 aromatic rings. The van der Waals surface area contributed by atoms with Gasteiger partial charge in [0.05, 0.1) is 18.8 Å². The quantitative estimate of drug-likeness (QED) is 0.747. The van der Waals surface area contributed by atoms with Crippen molar-refractivity contribution in [2.45, 2.75) is 32.2 Å². The molecule has 0 saturated carbocycles. The van der Waals surface area contributed by atoms with E-state index < -0.39 is 10.0 Å². The second-order valence-corrected chi connectivity index (χ2v) is 9.58. The van der Waals surface area contributed by atoms with Crippen molar-refractivity contribution in [2.24, 2.45) is 0 Å². The van der Waals surface area contributed by atoms with Crippen LogP contribution in [0.3, 0.4) is 0 Å². The number of hydrogen-bond acceptors (Lipinski definition) is 4. The van der Waals surface area contributed by atoms with Crippen molar-refractivity contribution < 1.29 is 13.2 Å². The van der Waals surface area contributed by atoms with E-state index in [0.29, 0.717) is 5.92 Å². The SMILES string of the molecule is CCC(C)c1ccc(C(NC(=O)CN(C)S(C)(=O)=O)c2cccs2)cc1. The van der Waals surface area contributed by atoms with Gasteiger partial charge in [0, 0.05) is 11.9 Å². The first-order valence-electron chi connectivity index (χ1n) is 8.56. The molecule has 0 saturated heterocycles. The number of hydrogen-bond donors (Lipinski definition) is 1. The summed E-state index contributed by atoms with van der Waals surface area (Å²) in [5.41, 5.74) is 2.25. The predicted octanol–water partition coefficient (Wildman–Crippen LogP) is 3.36. The Hall–Kier alpha value is -1.70. The highest BCUT2D eigenvalue weighted by molar-refractivity contribution is 7.88. The van der Waals surface area contributed by atoms with Gasteiger partial charge in [-0.2, -0.15) is 4.31 Å². The molecule has 0 radical (unpaired) electrons. The molecule has 0 aliphatic carbocycles. The summed E-state index contributed by atoms with van der Waals surface area (Å²) in [6.07, 6.45) is 2.16. The van der Waals surface area contributed by atoms with Crippen molar-refractivity contribution in [3.8, 4) is 0 Å². The van der Waals surface area contributed by atoms with Crippen molar-refractivity contribution in [1.29, 1.82) is 0 Å². The Bertz CT molecular complexity index is 815. The molecule has 1 N–H and O–H groups in total. The standard InChI is InChI=1S/C19H26N2O3S2/c1-5-14(2)15-8-10-16(11-9-15)19(17-7-6-12-25-17)20-18(22)13-21(3)26(4,23)24/h6-12,14,19H,5,13H2,1-4H3,(H,20,22). The summed E-state index contributed by atoms with van der Waals surface area (Å²) in [6, 6.07) is 11.9. The van der Waals surface area contributed by atoms with Gasteiger partial charge in [-0.1, -0.05) is 44.2 Å². The Balaban J connectivity index is 2.21. The molecule has 0 aliphatic rings. The zero-order chi connectivity index (χ0) is 19.3. The highest BCUT2D eigenvalue weighted by atomic mass is 32.2. The molecule has 1 aromatic heterocycles. The number of likely N-dealkylation sites (N-methyl/N-ethyl adjacent to an activating group) is 1. The van der Waals surface area contributed by atoms with Crippen LogP contribution in [0.25, 0.3) is 0 Å². The lowest BCUT2D eigenvalue weighted by atomic mass is 9.95. The molecule has 0 spiro atoms. The van der Waals surface area contributed by atoms with Crippen LogP contribution in [0, 0.1) is 0 Å². The lowest BCUT2D eigenvalue weighted by Gasteiger charge is -2.21. The third-order valence-corrected chi connectivity index (χ3v) is 6.72. The van der Waals surface area contributed by atoms with E-state index in [-0.39, 0.29) is 18.5 Å². The number of carbonyl (C=O) groups excluding carboxylic acids is 1. The lowest BCUT2D eigenvalue weighted by Crippen LogP contribution is -2.39. The molecule has 0 fully saturated rings. The summed E-state index contributed by atoms with van der Waals surface area (Å²) in [4.78, 5) is 13.4. The first kappa shape index (κ1) is 20.6. The highest BCUT2D eigenvalue weighted by Crippen LogP contribution is 2.28. The maximum Gasteiger partial charge on any atom is 0.236 e. The lowest BCUT2D eigenvalue weighted by molar-refractivity contribution is -0.121. The molecule has 2 unspecified atom stereocenters. The van der Waals surface area contributed by atoms with Gasteiger partial charge in [-0.05, 0) is 34.9 Å². The summed E-state index contributed by atoms with van der Waals surface area (Å²) >= 11 is 1.56. The highest BCUT2D eigenvalue weighted by Gasteiger charge is 2.21. The molecular weight excluding hydrogens is 368 g/mol. The number of carbonyl (C=O) groups is 1. The largest absolute Gasteiger partial charge is 0.343 e. The fourth-order valence-corrected chi connectivity index (χ4v) is 3.71. The molecule has 26 heavy (non-hydrogen) atoms. The Morgan fingerprint density at radius 2 is 1.81 bits per heavy atom. The Kier molecular flexibility index (Phi) is 6.97. The summed E-state index contributed by atoms with van der Waals surface area (Å²) < 4.78 is 24.1. The van der Waals surface area contributed by atoms with Crippen LogP contribution in [0.4, 0.5) is 0 Å². The van der Waals surface area contributed by atoms with Crippen LogP contribution in [-0.4, -0.2) is 38.5 Å². The summed E-state index contributed by atoms with van der Waals surface area (Å²) in [5, 5.41) is 4.93. The number of nitrogens with zero attached hydrogens (tertiary/aromatic N) is 1. The minimum Gasteiger partial charge on any atom is -0.343 e. The summed E-state index contributed by atoms with van der Waals surface area (Å²) in [6.45, 7) is 4.14. The van der Waals surface area contributed by atoms with Gasteiger partial charge in [0.15, 0.2) is 0 Å². The molecule has 5 nitrogen and oxygen atoms in total. The molecule has 1 heterocycles. The number of sulfonamides is 1. The smallest absolute Gasteiger partial charge is 0.236 e. The van der Waals surface area contributed by atoms with Gasteiger partial charge in [-0.25, -0.2) is 8.42 Å². The number of amides is 1. The van der Waals surface area contributed by atoms with Crippen molar-refractivity contribution >= 4 is 27.3 Å². The van der Waals surface area contributed by atoms with Gasteiger partial charge in [0.1, 0.15) is 0 Å².